The van der Waals surface area contributed by atoms with Crippen LogP contribution in [0.2, 0.25) is 0 Å². The fourth-order valence-corrected chi connectivity index (χ4v) is 2.74. The Kier molecular flexibility index (Phi) is 4.96. The summed E-state index contributed by atoms with van der Waals surface area (Å²) in [5.74, 6) is -2.23. The number of carbonyl (C=O) groups is 1. The highest BCUT2D eigenvalue weighted by Gasteiger charge is 2.24. The number of rotatable bonds is 5. The Morgan fingerprint density at radius 1 is 1.29 bits per heavy atom. The number of halogens is 2. The van der Waals surface area contributed by atoms with Crippen molar-refractivity contribution in [3.05, 3.63) is 63.9 Å². The zero-order valence-corrected chi connectivity index (χ0v) is 12.9. The van der Waals surface area contributed by atoms with Gasteiger partial charge in [-0.1, -0.05) is 46.3 Å². The Hall–Kier alpha value is -1.88. The molecule has 0 aliphatic carbocycles. The number of carboxylic acids is 1. The standard InChI is InChI=1S/C16H14BrFO3/c1-21-14-8-4-5-10(15(14)18)9-12(16(19)20)11-6-2-3-7-13(11)17/h2-8,12H,9H2,1H3,(H,19,20). The van der Waals surface area contributed by atoms with Gasteiger partial charge in [0.25, 0.3) is 0 Å². The number of hydrogen-bond donors (Lipinski definition) is 1. The molecule has 0 amide bonds. The molecule has 0 saturated heterocycles. The van der Waals surface area contributed by atoms with Crippen molar-refractivity contribution in [1.29, 1.82) is 0 Å². The molecule has 0 spiro atoms. The minimum Gasteiger partial charge on any atom is -0.494 e. The number of aliphatic carboxylic acids is 1. The summed E-state index contributed by atoms with van der Waals surface area (Å²) >= 11 is 3.34. The van der Waals surface area contributed by atoms with Crippen molar-refractivity contribution in [2.24, 2.45) is 0 Å². The van der Waals surface area contributed by atoms with Crippen LogP contribution in [0.5, 0.6) is 5.75 Å². The molecule has 0 aliphatic heterocycles. The summed E-state index contributed by atoms with van der Waals surface area (Å²) in [5, 5.41) is 9.46. The van der Waals surface area contributed by atoms with E-state index in [0.717, 1.165) is 0 Å². The molecule has 110 valence electrons. The van der Waals surface area contributed by atoms with Gasteiger partial charge in [-0.15, -0.1) is 0 Å². The summed E-state index contributed by atoms with van der Waals surface area (Å²) in [6, 6.07) is 11.8. The van der Waals surface area contributed by atoms with Crippen LogP contribution in [-0.4, -0.2) is 18.2 Å². The third-order valence-corrected chi connectivity index (χ3v) is 3.99. The van der Waals surface area contributed by atoms with Gasteiger partial charge in [0, 0.05) is 4.47 Å². The highest BCUT2D eigenvalue weighted by atomic mass is 79.9. The van der Waals surface area contributed by atoms with E-state index in [1.807, 2.05) is 0 Å². The van der Waals surface area contributed by atoms with Crippen LogP contribution in [0.3, 0.4) is 0 Å². The average Bonchev–Trinajstić information content (AvgIpc) is 2.47. The maximum atomic E-state index is 14.2. The summed E-state index contributed by atoms with van der Waals surface area (Å²) in [6.45, 7) is 0. The molecule has 1 N–H and O–H groups in total. The van der Waals surface area contributed by atoms with Crippen molar-refractivity contribution < 1.29 is 19.0 Å². The number of ether oxygens (including phenoxy) is 1. The first-order chi connectivity index (χ1) is 10.0. The van der Waals surface area contributed by atoms with E-state index in [4.69, 9.17) is 4.74 Å². The second-order valence-corrected chi connectivity index (χ2v) is 5.40. The molecule has 0 fully saturated rings. The van der Waals surface area contributed by atoms with Crippen molar-refractivity contribution in [2.75, 3.05) is 7.11 Å². The van der Waals surface area contributed by atoms with E-state index < -0.39 is 17.7 Å². The fraction of sp³-hybridized carbons (Fsp3) is 0.188. The third-order valence-electron chi connectivity index (χ3n) is 3.27. The van der Waals surface area contributed by atoms with Crippen LogP contribution in [0, 0.1) is 5.82 Å². The first kappa shape index (κ1) is 15.5. The lowest BCUT2D eigenvalue weighted by Crippen LogP contribution is -2.16. The second kappa shape index (κ2) is 6.72. The maximum absolute atomic E-state index is 14.2. The topological polar surface area (TPSA) is 46.5 Å². The largest absolute Gasteiger partial charge is 0.494 e. The predicted molar refractivity (Wildman–Crippen MR) is 81.2 cm³/mol. The summed E-state index contributed by atoms with van der Waals surface area (Å²) in [6.07, 6.45) is 0.0565. The number of hydrogen-bond acceptors (Lipinski definition) is 2. The first-order valence-corrected chi connectivity index (χ1v) is 7.12. The summed E-state index contributed by atoms with van der Waals surface area (Å²) in [7, 11) is 1.38. The summed E-state index contributed by atoms with van der Waals surface area (Å²) in [4.78, 5) is 11.5. The molecule has 0 radical (unpaired) electrons. The van der Waals surface area contributed by atoms with Crippen LogP contribution in [0.15, 0.2) is 46.9 Å². The van der Waals surface area contributed by atoms with Crippen LogP contribution in [-0.2, 0) is 11.2 Å². The molecule has 0 heterocycles. The molecule has 21 heavy (non-hydrogen) atoms. The van der Waals surface area contributed by atoms with Crippen molar-refractivity contribution >= 4 is 21.9 Å². The minimum atomic E-state index is -0.996. The molecule has 0 aliphatic rings. The lowest BCUT2D eigenvalue weighted by atomic mass is 9.92. The Morgan fingerprint density at radius 3 is 2.62 bits per heavy atom. The molecule has 0 aromatic heterocycles. The van der Waals surface area contributed by atoms with Crippen molar-refractivity contribution in [3.63, 3.8) is 0 Å². The molecule has 1 atom stereocenters. The van der Waals surface area contributed by atoms with Gasteiger partial charge in [0.15, 0.2) is 11.6 Å². The van der Waals surface area contributed by atoms with Crippen LogP contribution in [0.4, 0.5) is 4.39 Å². The zero-order chi connectivity index (χ0) is 15.4. The van der Waals surface area contributed by atoms with Crippen molar-refractivity contribution in [1.82, 2.24) is 0 Å². The summed E-state index contributed by atoms with van der Waals surface area (Å²) < 4.78 is 19.8. The van der Waals surface area contributed by atoms with E-state index in [2.05, 4.69) is 15.9 Å². The molecule has 3 nitrogen and oxygen atoms in total. The van der Waals surface area contributed by atoms with Gasteiger partial charge in [0.05, 0.1) is 13.0 Å². The predicted octanol–water partition coefficient (Wildman–Crippen LogP) is 4.01. The SMILES string of the molecule is COc1cccc(CC(C(=O)O)c2ccccc2Br)c1F. The van der Waals surface area contributed by atoms with E-state index >= 15 is 0 Å². The van der Waals surface area contributed by atoms with Gasteiger partial charge < -0.3 is 9.84 Å². The number of carboxylic acid groups (broad SMARTS) is 1. The van der Waals surface area contributed by atoms with Crippen LogP contribution in [0.25, 0.3) is 0 Å². The van der Waals surface area contributed by atoms with E-state index in [1.165, 1.54) is 13.2 Å². The van der Waals surface area contributed by atoms with E-state index in [1.54, 1.807) is 36.4 Å². The molecule has 0 saturated carbocycles. The van der Waals surface area contributed by atoms with Crippen LogP contribution >= 0.6 is 15.9 Å². The second-order valence-electron chi connectivity index (χ2n) is 4.55. The molecular formula is C16H14BrFO3. The van der Waals surface area contributed by atoms with Crippen molar-refractivity contribution in [3.8, 4) is 5.75 Å². The Balaban J connectivity index is 2.38. The van der Waals surface area contributed by atoms with Crippen molar-refractivity contribution in [2.45, 2.75) is 12.3 Å². The lowest BCUT2D eigenvalue weighted by molar-refractivity contribution is -0.138. The lowest BCUT2D eigenvalue weighted by Gasteiger charge is -2.15. The van der Waals surface area contributed by atoms with E-state index in [-0.39, 0.29) is 12.2 Å². The van der Waals surface area contributed by atoms with Crippen LogP contribution in [0.1, 0.15) is 17.0 Å². The highest BCUT2D eigenvalue weighted by Crippen LogP contribution is 2.30. The third kappa shape index (κ3) is 3.42. The van der Waals surface area contributed by atoms with Gasteiger partial charge in [0.2, 0.25) is 0 Å². The van der Waals surface area contributed by atoms with E-state index in [0.29, 0.717) is 15.6 Å². The molecule has 2 aromatic rings. The smallest absolute Gasteiger partial charge is 0.311 e. The quantitative estimate of drug-likeness (QED) is 0.884. The van der Waals surface area contributed by atoms with Crippen LogP contribution < -0.4 is 4.74 Å². The Morgan fingerprint density at radius 2 is 2.00 bits per heavy atom. The maximum Gasteiger partial charge on any atom is 0.311 e. The van der Waals surface area contributed by atoms with Gasteiger partial charge in [-0.2, -0.15) is 0 Å². The van der Waals surface area contributed by atoms with Gasteiger partial charge in [-0.25, -0.2) is 4.39 Å². The van der Waals surface area contributed by atoms with E-state index in [9.17, 15) is 14.3 Å². The molecule has 1 unspecified atom stereocenters. The molecule has 5 heteroatoms. The van der Waals surface area contributed by atoms with Gasteiger partial charge in [0.1, 0.15) is 0 Å². The Bertz CT molecular complexity index is 658. The molecule has 0 bridgehead atoms. The molecular weight excluding hydrogens is 339 g/mol. The molecule has 2 rings (SSSR count). The van der Waals surface area contributed by atoms with Gasteiger partial charge in [-0.05, 0) is 29.7 Å². The number of benzene rings is 2. The highest BCUT2D eigenvalue weighted by molar-refractivity contribution is 9.10. The van der Waals surface area contributed by atoms with Gasteiger partial charge in [-0.3, -0.25) is 4.79 Å². The normalized spacial score (nSPS) is 12.0. The monoisotopic (exact) mass is 352 g/mol. The summed E-state index contributed by atoms with van der Waals surface area (Å²) in [5.41, 5.74) is 0.935. The van der Waals surface area contributed by atoms with Gasteiger partial charge >= 0.3 is 5.97 Å². The number of methoxy groups -OCH3 is 1. The first-order valence-electron chi connectivity index (χ1n) is 6.33. The average molecular weight is 353 g/mol. The minimum absolute atomic E-state index is 0.0565. The molecule has 2 aromatic carbocycles. The zero-order valence-electron chi connectivity index (χ0n) is 11.3. The Labute approximate surface area is 130 Å². The fourth-order valence-electron chi connectivity index (χ4n) is 2.18.